The molecular formula is C18H27N3O4S. The zero-order valence-electron chi connectivity index (χ0n) is 15.2. The number of amides is 1. The molecule has 0 spiro atoms. The summed E-state index contributed by atoms with van der Waals surface area (Å²) in [4.78, 5) is 12.7. The minimum Gasteiger partial charge on any atom is -0.350 e. The highest BCUT2D eigenvalue weighted by atomic mass is 32.2. The van der Waals surface area contributed by atoms with E-state index in [-0.39, 0.29) is 22.5 Å². The fraction of sp³-hybridized carbons (Fsp3) is 0.500. The molecule has 1 aliphatic rings. The van der Waals surface area contributed by atoms with Crippen LogP contribution < -0.4 is 16.4 Å². The number of rotatable bonds is 8. The number of hydrogen-bond donors (Lipinski definition) is 3. The summed E-state index contributed by atoms with van der Waals surface area (Å²) in [7, 11) is -2.86. The Morgan fingerprint density at radius 3 is 2.81 bits per heavy atom. The summed E-state index contributed by atoms with van der Waals surface area (Å²) in [6.45, 7) is 5.90. The molecule has 4 N–H and O–H groups in total. The Morgan fingerprint density at radius 2 is 2.23 bits per heavy atom. The van der Waals surface area contributed by atoms with Crippen LogP contribution in [0.4, 0.5) is 0 Å². The Morgan fingerprint density at radius 1 is 1.54 bits per heavy atom. The number of sulfone groups is 1. The first-order chi connectivity index (χ1) is 12.2. The van der Waals surface area contributed by atoms with Crippen molar-refractivity contribution in [3.8, 4) is 0 Å². The summed E-state index contributed by atoms with van der Waals surface area (Å²) in [5.41, 5.74) is 5.83. The average molecular weight is 381 g/mol. The zero-order valence-corrected chi connectivity index (χ0v) is 16.0. The van der Waals surface area contributed by atoms with Crippen LogP contribution in [0.25, 0.3) is 0 Å². The quantitative estimate of drug-likeness (QED) is 0.460. The molecule has 144 valence electrons. The molecule has 1 aliphatic heterocycles. The van der Waals surface area contributed by atoms with E-state index >= 15 is 0 Å². The standard InChI is InChI=1S/C18H27N3O4S/c1-4-8-15(14-10-7-12-20-14)21-17(22)13-9-5-6-11-16(13)26(23,24)18(2,19)25-3/h4-6,9,11,14-15,20H,1,7-8,10,12,19H2,2-3H3,(H,21,22). The lowest BCUT2D eigenvalue weighted by Gasteiger charge is -2.26. The van der Waals surface area contributed by atoms with Crippen molar-refractivity contribution in [2.24, 2.45) is 5.73 Å². The van der Waals surface area contributed by atoms with Crippen LogP contribution in [0.2, 0.25) is 0 Å². The first kappa shape index (κ1) is 20.6. The molecule has 2 rings (SSSR count). The molecule has 1 aromatic carbocycles. The predicted molar refractivity (Wildman–Crippen MR) is 100 cm³/mol. The molecule has 3 unspecified atom stereocenters. The molecule has 3 atom stereocenters. The number of hydrogen-bond acceptors (Lipinski definition) is 6. The van der Waals surface area contributed by atoms with Crippen molar-refractivity contribution in [3.05, 3.63) is 42.5 Å². The highest BCUT2D eigenvalue weighted by Gasteiger charge is 2.39. The first-order valence-electron chi connectivity index (χ1n) is 8.57. The number of ether oxygens (including phenoxy) is 1. The molecular weight excluding hydrogens is 354 g/mol. The van der Waals surface area contributed by atoms with E-state index in [4.69, 9.17) is 10.5 Å². The third-order valence-electron chi connectivity index (χ3n) is 4.68. The smallest absolute Gasteiger partial charge is 0.252 e. The molecule has 26 heavy (non-hydrogen) atoms. The van der Waals surface area contributed by atoms with Gasteiger partial charge in [0.25, 0.3) is 5.91 Å². The van der Waals surface area contributed by atoms with Crippen molar-refractivity contribution < 1.29 is 17.9 Å². The third kappa shape index (κ3) is 4.15. The first-order valence-corrected chi connectivity index (χ1v) is 10.1. The van der Waals surface area contributed by atoms with Gasteiger partial charge in [-0.3, -0.25) is 10.5 Å². The van der Waals surface area contributed by atoms with Gasteiger partial charge in [0.2, 0.25) is 14.9 Å². The van der Waals surface area contributed by atoms with E-state index in [1.807, 2.05) is 0 Å². The molecule has 8 heteroatoms. The molecule has 0 radical (unpaired) electrons. The van der Waals surface area contributed by atoms with Crippen molar-refractivity contribution >= 4 is 15.7 Å². The van der Waals surface area contributed by atoms with Gasteiger partial charge in [-0.25, -0.2) is 8.42 Å². The van der Waals surface area contributed by atoms with E-state index in [0.29, 0.717) is 6.42 Å². The Bertz CT molecular complexity index is 755. The number of nitrogens with one attached hydrogen (secondary N) is 2. The molecule has 0 aliphatic carbocycles. The molecule has 7 nitrogen and oxygen atoms in total. The highest BCUT2D eigenvalue weighted by molar-refractivity contribution is 7.92. The second-order valence-corrected chi connectivity index (χ2v) is 8.78. The van der Waals surface area contributed by atoms with E-state index in [2.05, 4.69) is 17.2 Å². The van der Waals surface area contributed by atoms with Crippen LogP contribution in [-0.4, -0.2) is 45.1 Å². The van der Waals surface area contributed by atoms with Gasteiger partial charge in [-0.15, -0.1) is 6.58 Å². The van der Waals surface area contributed by atoms with Gasteiger partial charge in [0.1, 0.15) is 0 Å². The molecule has 0 saturated carbocycles. The number of nitrogens with two attached hydrogens (primary N) is 1. The summed E-state index contributed by atoms with van der Waals surface area (Å²) < 4.78 is 30.6. The van der Waals surface area contributed by atoms with Crippen LogP contribution in [0.5, 0.6) is 0 Å². The van der Waals surface area contributed by atoms with Crippen molar-refractivity contribution in [2.45, 2.75) is 48.2 Å². The average Bonchev–Trinajstić information content (AvgIpc) is 3.15. The van der Waals surface area contributed by atoms with Gasteiger partial charge in [0.05, 0.1) is 10.5 Å². The number of carbonyl (C=O) groups excluding carboxylic acids is 1. The van der Waals surface area contributed by atoms with E-state index in [0.717, 1.165) is 19.4 Å². The van der Waals surface area contributed by atoms with E-state index in [1.165, 1.54) is 26.2 Å². The number of benzene rings is 1. The lowest BCUT2D eigenvalue weighted by atomic mass is 10.0. The maximum absolute atomic E-state index is 12.9. The Labute approximate surface area is 154 Å². The van der Waals surface area contributed by atoms with Gasteiger partial charge >= 0.3 is 0 Å². The monoisotopic (exact) mass is 381 g/mol. The molecule has 0 aromatic heterocycles. The molecule has 1 amide bonds. The van der Waals surface area contributed by atoms with E-state index < -0.39 is 20.8 Å². The Hall–Kier alpha value is -1.74. The largest absolute Gasteiger partial charge is 0.350 e. The fourth-order valence-electron chi connectivity index (χ4n) is 3.02. The normalized spacial score (nSPS) is 21.0. The van der Waals surface area contributed by atoms with E-state index in [9.17, 15) is 13.2 Å². The van der Waals surface area contributed by atoms with Crippen molar-refractivity contribution in [3.63, 3.8) is 0 Å². The molecule has 1 saturated heterocycles. The van der Waals surface area contributed by atoms with Crippen molar-refractivity contribution in [2.75, 3.05) is 13.7 Å². The summed E-state index contributed by atoms with van der Waals surface area (Å²) in [5, 5.41) is 4.36. The van der Waals surface area contributed by atoms with Crippen LogP contribution in [0, 0.1) is 0 Å². The molecule has 1 heterocycles. The van der Waals surface area contributed by atoms with Gasteiger partial charge in [-0.2, -0.15) is 0 Å². The summed E-state index contributed by atoms with van der Waals surface area (Å²) >= 11 is 0. The lowest BCUT2D eigenvalue weighted by Crippen LogP contribution is -2.49. The van der Waals surface area contributed by atoms with Crippen LogP contribution in [-0.2, 0) is 14.6 Å². The van der Waals surface area contributed by atoms with Crippen molar-refractivity contribution in [1.29, 1.82) is 0 Å². The van der Waals surface area contributed by atoms with Gasteiger partial charge in [-0.05, 0) is 44.9 Å². The topological polar surface area (TPSA) is 111 Å². The van der Waals surface area contributed by atoms with Gasteiger partial charge in [0.15, 0.2) is 0 Å². The minimum absolute atomic E-state index is 0.0493. The maximum atomic E-state index is 12.9. The SMILES string of the molecule is C=CCC(NC(=O)c1ccccc1S(=O)(=O)C(C)(N)OC)C1CCCN1. The molecule has 1 aromatic rings. The van der Waals surface area contributed by atoms with Gasteiger partial charge < -0.3 is 15.4 Å². The highest BCUT2D eigenvalue weighted by Crippen LogP contribution is 2.25. The summed E-state index contributed by atoms with van der Waals surface area (Å²) in [6.07, 6.45) is 4.32. The van der Waals surface area contributed by atoms with Gasteiger partial charge in [-0.1, -0.05) is 18.2 Å². The summed E-state index contributed by atoms with van der Waals surface area (Å²) in [6, 6.07) is 5.98. The lowest BCUT2D eigenvalue weighted by molar-refractivity contribution is 0.0826. The zero-order chi connectivity index (χ0) is 19.4. The fourth-order valence-corrected chi connectivity index (χ4v) is 4.39. The third-order valence-corrected chi connectivity index (χ3v) is 6.85. The molecule has 0 bridgehead atoms. The minimum atomic E-state index is -4.07. The maximum Gasteiger partial charge on any atom is 0.252 e. The van der Waals surface area contributed by atoms with Crippen molar-refractivity contribution in [1.82, 2.24) is 10.6 Å². The second-order valence-electron chi connectivity index (χ2n) is 6.53. The van der Waals surface area contributed by atoms with Crippen LogP contribution in [0.1, 0.15) is 36.5 Å². The van der Waals surface area contributed by atoms with Crippen LogP contribution >= 0.6 is 0 Å². The van der Waals surface area contributed by atoms with Crippen LogP contribution in [0.15, 0.2) is 41.8 Å². The number of methoxy groups -OCH3 is 1. The van der Waals surface area contributed by atoms with Gasteiger partial charge in [0, 0.05) is 19.2 Å². The predicted octanol–water partition coefficient (Wildman–Crippen LogP) is 1.17. The number of carbonyl (C=O) groups is 1. The Kier molecular flexibility index (Phi) is 6.57. The van der Waals surface area contributed by atoms with E-state index in [1.54, 1.807) is 18.2 Å². The van der Waals surface area contributed by atoms with Crippen LogP contribution in [0.3, 0.4) is 0 Å². The Balaban J connectivity index is 2.33. The molecule has 1 fully saturated rings. The second kappa shape index (κ2) is 8.30. The summed E-state index contributed by atoms with van der Waals surface area (Å²) in [5.74, 6) is -0.461.